The Kier molecular flexibility index (Phi) is 7.42. The van der Waals surface area contributed by atoms with Gasteiger partial charge in [0.25, 0.3) is 5.56 Å². The zero-order chi connectivity index (χ0) is 23.0. The van der Waals surface area contributed by atoms with Crippen LogP contribution in [0.2, 0.25) is 0 Å². The van der Waals surface area contributed by atoms with E-state index >= 15 is 0 Å². The summed E-state index contributed by atoms with van der Waals surface area (Å²) in [5.74, 6) is 0.107. The maximum absolute atomic E-state index is 13.2. The predicted octanol–water partition coefficient (Wildman–Crippen LogP) is 4.12. The Morgan fingerprint density at radius 3 is 2.39 bits per heavy atom. The number of hydrogen-bond donors (Lipinski definition) is 1. The van der Waals surface area contributed by atoms with Crippen molar-refractivity contribution in [3.8, 4) is 5.69 Å². The fourth-order valence-corrected chi connectivity index (χ4v) is 4.39. The molecule has 6 nitrogen and oxygen atoms in total. The lowest BCUT2D eigenvalue weighted by Gasteiger charge is -2.19. The van der Waals surface area contributed by atoms with E-state index in [9.17, 15) is 9.59 Å². The van der Waals surface area contributed by atoms with E-state index in [4.69, 9.17) is 0 Å². The molecule has 1 N–H and O–H groups in total. The molecule has 1 amide bonds. The Bertz CT molecular complexity index is 1280. The standard InChI is InChI=1S/C26H26N4O2S/c1-29(20-11-4-2-5-12-20)18-10-17-27-24(31)19-33-26-28-23-16-9-8-15-22(23)25(32)30(26)21-13-6-3-7-14-21/h2-9,11-16H,10,17-19H2,1H3,(H,27,31). The van der Waals surface area contributed by atoms with E-state index in [0.29, 0.717) is 22.6 Å². The number of carbonyl (C=O) groups excluding carboxylic acids is 1. The highest BCUT2D eigenvalue weighted by molar-refractivity contribution is 7.99. The van der Waals surface area contributed by atoms with Crippen LogP contribution in [-0.2, 0) is 4.79 Å². The van der Waals surface area contributed by atoms with Crippen LogP contribution in [0.5, 0.6) is 0 Å². The quantitative estimate of drug-likeness (QED) is 0.232. The molecule has 0 radical (unpaired) electrons. The number of aromatic nitrogens is 2. The van der Waals surface area contributed by atoms with Crippen LogP contribution in [0.4, 0.5) is 5.69 Å². The van der Waals surface area contributed by atoms with E-state index in [1.165, 1.54) is 11.8 Å². The van der Waals surface area contributed by atoms with Gasteiger partial charge in [-0.3, -0.25) is 14.2 Å². The molecular weight excluding hydrogens is 432 g/mol. The summed E-state index contributed by atoms with van der Waals surface area (Å²) in [6, 6.07) is 26.8. The summed E-state index contributed by atoms with van der Waals surface area (Å²) in [7, 11) is 2.04. The van der Waals surface area contributed by atoms with Gasteiger partial charge in [0.05, 0.1) is 22.3 Å². The number of fused-ring (bicyclic) bond motifs is 1. The van der Waals surface area contributed by atoms with Crippen LogP contribution in [0.15, 0.2) is 94.9 Å². The number of anilines is 1. The second kappa shape index (κ2) is 10.8. The van der Waals surface area contributed by atoms with Crippen molar-refractivity contribution in [1.82, 2.24) is 14.9 Å². The van der Waals surface area contributed by atoms with Gasteiger partial charge in [-0.1, -0.05) is 60.3 Å². The molecule has 168 valence electrons. The smallest absolute Gasteiger partial charge is 0.266 e. The van der Waals surface area contributed by atoms with Crippen LogP contribution in [0, 0.1) is 0 Å². The Morgan fingerprint density at radius 2 is 1.64 bits per heavy atom. The third-order valence-corrected chi connectivity index (χ3v) is 6.22. The molecule has 0 saturated carbocycles. The molecule has 0 aliphatic heterocycles. The van der Waals surface area contributed by atoms with Crippen LogP contribution in [0.1, 0.15) is 6.42 Å². The molecule has 0 unspecified atom stereocenters. The number of para-hydroxylation sites is 3. The highest BCUT2D eigenvalue weighted by Crippen LogP contribution is 2.21. The first-order valence-electron chi connectivity index (χ1n) is 10.9. The predicted molar refractivity (Wildman–Crippen MR) is 135 cm³/mol. The summed E-state index contributed by atoms with van der Waals surface area (Å²) in [5.41, 5.74) is 2.37. The molecule has 4 rings (SSSR count). The van der Waals surface area contributed by atoms with Crippen molar-refractivity contribution in [2.75, 3.05) is 30.8 Å². The van der Waals surface area contributed by atoms with Gasteiger partial charge in [0.1, 0.15) is 0 Å². The fraction of sp³-hybridized carbons (Fsp3) is 0.192. The van der Waals surface area contributed by atoms with E-state index in [0.717, 1.165) is 24.3 Å². The average Bonchev–Trinajstić information content (AvgIpc) is 2.86. The molecule has 4 aromatic rings. The molecule has 0 aliphatic carbocycles. The van der Waals surface area contributed by atoms with E-state index in [2.05, 4.69) is 27.3 Å². The first kappa shape index (κ1) is 22.6. The van der Waals surface area contributed by atoms with Crippen molar-refractivity contribution >= 4 is 34.3 Å². The first-order chi connectivity index (χ1) is 16.1. The summed E-state index contributed by atoms with van der Waals surface area (Å²) in [5, 5.41) is 4.03. The van der Waals surface area contributed by atoms with Crippen LogP contribution in [-0.4, -0.2) is 41.3 Å². The Morgan fingerprint density at radius 1 is 0.970 bits per heavy atom. The fourth-order valence-electron chi connectivity index (χ4n) is 3.55. The highest BCUT2D eigenvalue weighted by atomic mass is 32.2. The molecule has 0 bridgehead atoms. The molecule has 3 aromatic carbocycles. The number of thioether (sulfide) groups is 1. The zero-order valence-electron chi connectivity index (χ0n) is 18.5. The van der Waals surface area contributed by atoms with Crippen molar-refractivity contribution < 1.29 is 4.79 Å². The highest BCUT2D eigenvalue weighted by Gasteiger charge is 2.14. The van der Waals surface area contributed by atoms with E-state index in [1.54, 1.807) is 10.6 Å². The van der Waals surface area contributed by atoms with Crippen molar-refractivity contribution in [3.63, 3.8) is 0 Å². The monoisotopic (exact) mass is 458 g/mol. The molecule has 0 atom stereocenters. The summed E-state index contributed by atoms with van der Waals surface area (Å²) < 4.78 is 1.58. The largest absolute Gasteiger partial charge is 0.375 e. The van der Waals surface area contributed by atoms with Crippen LogP contribution >= 0.6 is 11.8 Å². The van der Waals surface area contributed by atoms with Crippen molar-refractivity contribution in [3.05, 3.63) is 95.3 Å². The Hall–Kier alpha value is -3.58. The first-order valence-corrected chi connectivity index (χ1v) is 11.8. The van der Waals surface area contributed by atoms with Gasteiger partial charge in [-0.05, 0) is 42.8 Å². The number of hydrogen-bond acceptors (Lipinski definition) is 5. The number of carbonyl (C=O) groups is 1. The summed E-state index contributed by atoms with van der Waals surface area (Å²) in [6.45, 7) is 1.43. The van der Waals surface area contributed by atoms with Gasteiger partial charge in [-0.2, -0.15) is 0 Å². The Balaban J connectivity index is 1.39. The summed E-state index contributed by atoms with van der Waals surface area (Å²) >= 11 is 1.27. The van der Waals surface area contributed by atoms with E-state index < -0.39 is 0 Å². The SMILES string of the molecule is CN(CCCNC(=O)CSc1nc2ccccc2c(=O)n1-c1ccccc1)c1ccccc1. The molecular formula is C26H26N4O2S. The third kappa shape index (κ3) is 5.62. The summed E-state index contributed by atoms with van der Waals surface area (Å²) in [6.07, 6.45) is 0.838. The van der Waals surface area contributed by atoms with Gasteiger partial charge in [0.2, 0.25) is 5.91 Å². The molecule has 0 aliphatic rings. The van der Waals surface area contributed by atoms with Crippen molar-refractivity contribution in [2.24, 2.45) is 0 Å². The lowest BCUT2D eigenvalue weighted by Crippen LogP contribution is -2.29. The van der Waals surface area contributed by atoms with Crippen LogP contribution < -0.4 is 15.8 Å². The molecule has 0 fully saturated rings. The topological polar surface area (TPSA) is 67.2 Å². The minimum Gasteiger partial charge on any atom is -0.375 e. The minimum absolute atomic E-state index is 0.0793. The van der Waals surface area contributed by atoms with Gasteiger partial charge >= 0.3 is 0 Å². The second-order valence-corrected chi connectivity index (χ2v) is 8.58. The van der Waals surface area contributed by atoms with E-state index in [1.807, 2.05) is 73.8 Å². The lowest BCUT2D eigenvalue weighted by molar-refractivity contribution is -0.118. The number of nitrogens with one attached hydrogen (secondary N) is 1. The third-order valence-electron chi connectivity index (χ3n) is 5.28. The number of benzene rings is 3. The maximum Gasteiger partial charge on any atom is 0.266 e. The van der Waals surface area contributed by atoms with Gasteiger partial charge in [-0.25, -0.2) is 4.98 Å². The van der Waals surface area contributed by atoms with Crippen LogP contribution in [0.3, 0.4) is 0 Å². The second-order valence-electron chi connectivity index (χ2n) is 7.64. The number of rotatable bonds is 9. The molecule has 33 heavy (non-hydrogen) atoms. The van der Waals surface area contributed by atoms with Gasteiger partial charge < -0.3 is 10.2 Å². The van der Waals surface area contributed by atoms with Crippen LogP contribution in [0.25, 0.3) is 16.6 Å². The zero-order valence-corrected chi connectivity index (χ0v) is 19.3. The maximum atomic E-state index is 13.2. The van der Waals surface area contributed by atoms with Crippen molar-refractivity contribution in [1.29, 1.82) is 0 Å². The molecule has 0 spiro atoms. The molecule has 0 saturated heterocycles. The molecule has 1 aromatic heterocycles. The van der Waals surface area contributed by atoms with E-state index in [-0.39, 0.29) is 17.2 Å². The normalized spacial score (nSPS) is 10.8. The number of amides is 1. The van der Waals surface area contributed by atoms with Gasteiger partial charge in [0.15, 0.2) is 5.16 Å². The summed E-state index contributed by atoms with van der Waals surface area (Å²) in [4.78, 5) is 32.5. The Labute approximate surface area is 197 Å². The minimum atomic E-state index is -0.140. The lowest BCUT2D eigenvalue weighted by atomic mass is 10.2. The molecule has 7 heteroatoms. The van der Waals surface area contributed by atoms with Gasteiger partial charge in [-0.15, -0.1) is 0 Å². The van der Waals surface area contributed by atoms with Crippen molar-refractivity contribution in [2.45, 2.75) is 11.6 Å². The average molecular weight is 459 g/mol. The van der Waals surface area contributed by atoms with Gasteiger partial charge in [0, 0.05) is 25.8 Å². The molecule has 1 heterocycles. The number of nitrogens with zero attached hydrogens (tertiary/aromatic N) is 3.